The van der Waals surface area contributed by atoms with Gasteiger partial charge in [-0.1, -0.05) is 0 Å². The first kappa shape index (κ1) is 13.9. The van der Waals surface area contributed by atoms with Gasteiger partial charge < -0.3 is 15.6 Å². The Morgan fingerprint density at radius 3 is 2.88 bits per heavy atom. The number of ether oxygens (including phenoxy) is 1. The summed E-state index contributed by atoms with van der Waals surface area (Å²) in [4.78, 5) is -0.114. The number of aliphatic hydroxyl groups excluding tert-OH is 1. The van der Waals surface area contributed by atoms with E-state index in [-0.39, 0.29) is 30.3 Å². The fraction of sp³-hybridized carbons (Fsp3) is 0.625. The van der Waals surface area contributed by atoms with Crippen LogP contribution >= 0.6 is 0 Å². The van der Waals surface area contributed by atoms with Gasteiger partial charge in [0.25, 0.3) is 0 Å². The summed E-state index contributed by atoms with van der Waals surface area (Å²) in [6.07, 6.45) is 1.38. The molecule has 1 aromatic heterocycles. The van der Waals surface area contributed by atoms with E-state index >= 15 is 0 Å². The van der Waals surface area contributed by atoms with Crippen LogP contribution in [-0.2, 0) is 14.8 Å². The Hall–Kier alpha value is -1.16. The Kier molecular flexibility index (Phi) is 4.87. The molecule has 0 spiro atoms. The highest BCUT2D eigenvalue weighted by molar-refractivity contribution is 7.89. The van der Waals surface area contributed by atoms with Gasteiger partial charge in [-0.15, -0.1) is 0 Å². The average molecular weight is 264 g/mol. The van der Waals surface area contributed by atoms with Gasteiger partial charge in [0.1, 0.15) is 10.7 Å². The summed E-state index contributed by atoms with van der Waals surface area (Å²) >= 11 is 0. The van der Waals surface area contributed by atoms with Gasteiger partial charge in [0.2, 0.25) is 10.0 Å². The maximum atomic E-state index is 11.9. The van der Waals surface area contributed by atoms with E-state index in [1.54, 1.807) is 0 Å². The van der Waals surface area contributed by atoms with Crippen LogP contribution in [0.5, 0.6) is 0 Å². The van der Waals surface area contributed by atoms with E-state index in [9.17, 15) is 8.42 Å². The average Bonchev–Trinajstić information content (AvgIpc) is 2.65. The predicted octanol–water partition coefficient (Wildman–Crippen LogP) is -1.33. The molecule has 1 aromatic rings. The first-order chi connectivity index (χ1) is 8.01. The van der Waals surface area contributed by atoms with Gasteiger partial charge in [0, 0.05) is 19.8 Å². The maximum Gasteiger partial charge on any atom is 0.246 e. The van der Waals surface area contributed by atoms with Gasteiger partial charge in [-0.3, -0.25) is 5.10 Å². The molecule has 1 atom stereocenters. The van der Waals surface area contributed by atoms with E-state index in [0.717, 1.165) is 6.20 Å². The first-order valence-electron chi connectivity index (χ1n) is 4.92. The lowest BCUT2D eigenvalue weighted by Crippen LogP contribution is -2.38. The van der Waals surface area contributed by atoms with Crippen molar-refractivity contribution in [3.63, 3.8) is 0 Å². The van der Waals surface area contributed by atoms with Gasteiger partial charge in [-0.2, -0.15) is 5.10 Å². The molecule has 1 unspecified atom stereocenters. The van der Waals surface area contributed by atoms with Crippen LogP contribution in [0.3, 0.4) is 0 Å². The van der Waals surface area contributed by atoms with Crippen molar-refractivity contribution in [3.8, 4) is 0 Å². The van der Waals surface area contributed by atoms with E-state index in [1.165, 1.54) is 7.11 Å². The van der Waals surface area contributed by atoms with Gasteiger partial charge >= 0.3 is 0 Å². The van der Waals surface area contributed by atoms with Crippen molar-refractivity contribution >= 4 is 15.8 Å². The molecule has 98 valence electrons. The van der Waals surface area contributed by atoms with Gasteiger partial charge in [0.05, 0.1) is 12.8 Å². The molecule has 0 aliphatic carbocycles. The van der Waals surface area contributed by atoms with Crippen molar-refractivity contribution in [1.29, 1.82) is 0 Å². The summed E-state index contributed by atoms with van der Waals surface area (Å²) in [6.45, 7) is 0.0228. The van der Waals surface area contributed by atoms with Crippen LogP contribution in [-0.4, -0.2) is 50.1 Å². The molecule has 5 N–H and O–H groups in total. The molecule has 0 radical (unpaired) electrons. The lowest BCUT2D eigenvalue weighted by molar-refractivity contribution is 0.158. The van der Waals surface area contributed by atoms with Crippen molar-refractivity contribution < 1.29 is 18.3 Å². The molecule has 0 bridgehead atoms. The van der Waals surface area contributed by atoms with E-state index in [4.69, 9.17) is 15.6 Å². The number of aromatic amines is 1. The SMILES string of the molecule is COCC(CCO)NS(=O)(=O)c1cn[nH]c1N. The Labute approximate surface area is 99.2 Å². The number of sulfonamides is 1. The fourth-order valence-electron chi connectivity index (χ4n) is 1.32. The minimum atomic E-state index is -3.75. The van der Waals surface area contributed by atoms with Crippen LogP contribution in [0.1, 0.15) is 6.42 Å². The van der Waals surface area contributed by atoms with Crippen LogP contribution < -0.4 is 10.5 Å². The van der Waals surface area contributed by atoms with Crippen LogP contribution in [0, 0.1) is 0 Å². The molecule has 9 heteroatoms. The molecule has 0 aliphatic rings. The van der Waals surface area contributed by atoms with Crippen LogP contribution in [0.25, 0.3) is 0 Å². The molecule has 0 aromatic carbocycles. The number of nitrogens with two attached hydrogens (primary N) is 1. The minimum Gasteiger partial charge on any atom is -0.396 e. The van der Waals surface area contributed by atoms with Crippen molar-refractivity contribution in [1.82, 2.24) is 14.9 Å². The van der Waals surface area contributed by atoms with Gasteiger partial charge in [0.15, 0.2) is 0 Å². The van der Waals surface area contributed by atoms with Crippen LogP contribution in [0.4, 0.5) is 5.82 Å². The summed E-state index contributed by atoms with van der Waals surface area (Å²) in [5, 5.41) is 14.7. The Morgan fingerprint density at radius 1 is 1.71 bits per heavy atom. The molecule has 0 aliphatic heterocycles. The van der Waals surface area contributed by atoms with Crippen LogP contribution in [0.2, 0.25) is 0 Å². The molecule has 0 amide bonds. The van der Waals surface area contributed by atoms with Crippen LogP contribution in [0.15, 0.2) is 11.1 Å². The number of nitrogens with one attached hydrogen (secondary N) is 2. The highest BCUT2D eigenvalue weighted by Gasteiger charge is 2.23. The van der Waals surface area contributed by atoms with Crippen molar-refractivity contribution in [3.05, 3.63) is 6.20 Å². The largest absolute Gasteiger partial charge is 0.396 e. The fourth-order valence-corrected chi connectivity index (χ4v) is 2.59. The molecule has 1 heterocycles. The zero-order valence-corrected chi connectivity index (χ0v) is 10.2. The molecule has 0 saturated carbocycles. The van der Waals surface area contributed by atoms with Gasteiger partial charge in [-0.05, 0) is 6.42 Å². The van der Waals surface area contributed by atoms with E-state index in [2.05, 4.69) is 14.9 Å². The van der Waals surface area contributed by atoms with E-state index in [1.807, 2.05) is 0 Å². The summed E-state index contributed by atoms with van der Waals surface area (Å²) in [7, 11) is -2.30. The third-order valence-electron chi connectivity index (χ3n) is 2.09. The van der Waals surface area contributed by atoms with Gasteiger partial charge in [-0.25, -0.2) is 13.1 Å². The summed E-state index contributed by atoms with van der Waals surface area (Å²) in [5.74, 6) is -0.0299. The molecule has 1 rings (SSSR count). The molecular formula is C8H16N4O4S. The Morgan fingerprint density at radius 2 is 2.41 bits per heavy atom. The van der Waals surface area contributed by atoms with Crippen molar-refractivity contribution in [2.24, 2.45) is 0 Å². The normalized spacial score (nSPS) is 13.8. The second-order valence-electron chi connectivity index (χ2n) is 3.43. The lowest BCUT2D eigenvalue weighted by atomic mass is 10.2. The number of aromatic nitrogens is 2. The number of hydrogen-bond donors (Lipinski definition) is 4. The monoisotopic (exact) mass is 264 g/mol. The molecule has 0 fully saturated rings. The van der Waals surface area contributed by atoms with E-state index in [0.29, 0.717) is 0 Å². The topological polar surface area (TPSA) is 130 Å². The smallest absolute Gasteiger partial charge is 0.246 e. The lowest BCUT2D eigenvalue weighted by Gasteiger charge is -2.16. The molecule has 0 saturated heterocycles. The van der Waals surface area contributed by atoms with Crippen molar-refractivity contribution in [2.45, 2.75) is 17.4 Å². The zero-order valence-electron chi connectivity index (χ0n) is 9.38. The quantitative estimate of drug-likeness (QED) is 0.482. The molecule has 17 heavy (non-hydrogen) atoms. The molecular weight excluding hydrogens is 248 g/mol. The summed E-state index contributed by atoms with van der Waals surface area (Å²) in [5.41, 5.74) is 5.43. The highest BCUT2D eigenvalue weighted by atomic mass is 32.2. The third-order valence-corrected chi connectivity index (χ3v) is 3.64. The number of anilines is 1. The molecule has 8 nitrogen and oxygen atoms in total. The number of H-pyrrole nitrogens is 1. The minimum absolute atomic E-state index is 0.0299. The Bertz CT molecular complexity index is 438. The summed E-state index contributed by atoms with van der Waals surface area (Å²) in [6, 6.07) is -0.510. The number of aliphatic hydroxyl groups is 1. The van der Waals surface area contributed by atoms with Crippen molar-refractivity contribution in [2.75, 3.05) is 26.1 Å². The standard InChI is InChI=1S/C8H16N4O4S/c1-16-5-6(2-3-13)12-17(14,15)7-4-10-11-8(7)9/h4,6,12-13H,2-3,5H2,1H3,(H3,9,10,11). The third kappa shape index (κ3) is 3.66. The van der Waals surface area contributed by atoms with E-state index < -0.39 is 16.1 Å². The highest BCUT2D eigenvalue weighted by Crippen LogP contribution is 2.14. The number of rotatable bonds is 7. The zero-order chi connectivity index (χ0) is 12.9. The number of hydrogen-bond acceptors (Lipinski definition) is 6. The summed E-state index contributed by atoms with van der Waals surface area (Å²) < 4.78 is 31.0. The maximum absolute atomic E-state index is 11.9. The second kappa shape index (κ2) is 5.96. The second-order valence-corrected chi connectivity index (χ2v) is 5.12. The predicted molar refractivity (Wildman–Crippen MR) is 60.7 cm³/mol. The Balaban J connectivity index is 2.81. The number of nitrogen functional groups attached to an aromatic ring is 1. The first-order valence-corrected chi connectivity index (χ1v) is 6.40. The number of methoxy groups -OCH3 is 1. The number of nitrogens with zero attached hydrogens (tertiary/aromatic N) is 1.